The molecule has 2 rings (SSSR count). The number of nitrogens with zero attached hydrogens (tertiary/aromatic N) is 2. The van der Waals surface area contributed by atoms with Crippen molar-refractivity contribution in [1.82, 2.24) is 9.55 Å². The summed E-state index contributed by atoms with van der Waals surface area (Å²) in [5.41, 5.74) is 8.52. The van der Waals surface area contributed by atoms with Crippen molar-refractivity contribution in [3.8, 4) is 0 Å². The second-order valence-corrected chi connectivity index (χ2v) is 4.94. The van der Waals surface area contributed by atoms with Gasteiger partial charge in [0.1, 0.15) is 11.6 Å². The molecule has 0 aliphatic rings. The summed E-state index contributed by atoms with van der Waals surface area (Å²) < 4.78 is 2.10. The van der Waals surface area contributed by atoms with E-state index in [4.69, 9.17) is 5.73 Å². The van der Waals surface area contributed by atoms with E-state index in [0.29, 0.717) is 6.04 Å². The smallest absolute Gasteiger partial charge is 0.127 e. The highest BCUT2D eigenvalue weighted by atomic mass is 15.2. The first-order valence-corrected chi connectivity index (χ1v) is 6.46. The molecule has 0 spiro atoms. The van der Waals surface area contributed by atoms with E-state index >= 15 is 0 Å². The third-order valence-electron chi connectivity index (χ3n) is 3.21. The van der Waals surface area contributed by atoms with Crippen molar-refractivity contribution < 1.29 is 0 Å². The Hall–Kier alpha value is -1.77. The normalized spacial score (nSPS) is 11.1. The summed E-state index contributed by atoms with van der Waals surface area (Å²) >= 11 is 0. The Bertz CT molecular complexity index is 512. The molecule has 0 atom stereocenters. The average Bonchev–Trinajstić information content (AvgIpc) is 2.63. The molecule has 1 aromatic heterocycles. The Morgan fingerprint density at radius 1 is 1.17 bits per heavy atom. The van der Waals surface area contributed by atoms with Crippen molar-refractivity contribution >= 4 is 5.82 Å². The lowest BCUT2D eigenvalue weighted by Crippen LogP contribution is -2.07. The predicted octanol–water partition coefficient (Wildman–Crippen LogP) is 3.14. The lowest BCUT2D eigenvalue weighted by atomic mass is 10.1. The van der Waals surface area contributed by atoms with Crippen LogP contribution in [-0.4, -0.2) is 9.55 Å². The molecule has 2 N–H and O–H groups in total. The summed E-state index contributed by atoms with van der Waals surface area (Å²) in [6.07, 6.45) is 1.88. The highest BCUT2D eigenvalue weighted by molar-refractivity contribution is 5.39. The average molecular weight is 243 g/mol. The van der Waals surface area contributed by atoms with E-state index in [9.17, 15) is 0 Å². The van der Waals surface area contributed by atoms with Gasteiger partial charge in [-0.05, 0) is 39.2 Å². The van der Waals surface area contributed by atoms with Gasteiger partial charge in [0.05, 0.1) is 5.69 Å². The van der Waals surface area contributed by atoms with E-state index in [1.54, 1.807) is 0 Å². The highest BCUT2D eigenvalue weighted by Gasteiger charge is 2.13. The lowest BCUT2D eigenvalue weighted by Gasteiger charge is -2.11. The van der Waals surface area contributed by atoms with E-state index in [1.165, 1.54) is 5.56 Å². The third kappa shape index (κ3) is 2.55. The van der Waals surface area contributed by atoms with Crippen LogP contribution in [0.25, 0.3) is 0 Å². The van der Waals surface area contributed by atoms with Gasteiger partial charge in [0.25, 0.3) is 0 Å². The highest BCUT2D eigenvalue weighted by Crippen LogP contribution is 2.21. The van der Waals surface area contributed by atoms with Crippen LogP contribution in [0.3, 0.4) is 0 Å². The van der Waals surface area contributed by atoms with Gasteiger partial charge >= 0.3 is 0 Å². The van der Waals surface area contributed by atoms with Crippen molar-refractivity contribution in [1.29, 1.82) is 0 Å². The van der Waals surface area contributed by atoms with E-state index in [2.05, 4.69) is 47.7 Å². The largest absolute Gasteiger partial charge is 0.384 e. The quantitative estimate of drug-likeness (QED) is 0.896. The standard InChI is InChI=1S/C15H21N3/c1-11(2)18-12(3)17-14(15(18)16)10-9-13-7-5-4-6-8-13/h4-8,11H,9-10,16H2,1-3H3. The van der Waals surface area contributed by atoms with Crippen LogP contribution >= 0.6 is 0 Å². The molecule has 0 bridgehead atoms. The maximum atomic E-state index is 6.17. The fraction of sp³-hybridized carbons (Fsp3) is 0.400. The van der Waals surface area contributed by atoms with Crippen molar-refractivity contribution in [3.63, 3.8) is 0 Å². The Labute approximate surface area is 109 Å². The van der Waals surface area contributed by atoms with Crippen LogP contribution in [0.1, 0.15) is 37.0 Å². The van der Waals surface area contributed by atoms with Crippen LogP contribution in [0.5, 0.6) is 0 Å². The zero-order valence-corrected chi connectivity index (χ0v) is 11.4. The maximum absolute atomic E-state index is 6.17. The van der Waals surface area contributed by atoms with Crippen molar-refractivity contribution in [2.24, 2.45) is 0 Å². The van der Waals surface area contributed by atoms with Gasteiger partial charge in [-0.1, -0.05) is 30.3 Å². The molecule has 0 saturated carbocycles. The van der Waals surface area contributed by atoms with Crippen LogP contribution in [0.15, 0.2) is 30.3 Å². The second-order valence-electron chi connectivity index (χ2n) is 4.94. The fourth-order valence-electron chi connectivity index (χ4n) is 2.36. The number of rotatable bonds is 4. The van der Waals surface area contributed by atoms with Crippen molar-refractivity contribution in [2.45, 2.75) is 39.7 Å². The van der Waals surface area contributed by atoms with Crippen LogP contribution < -0.4 is 5.73 Å². The van der Waals surface area contributed by atoms with Gasteiger partial charge in [0, 0.05) is 6.04 Å². The monoisotopic (exact) mass is 243 g/mol. The van der Waals surface area contributed by atoms with E-state index < -0.39 is 0 Å². The Morgan fingerprint density at radius 3 is 2.39 bits per heavy atom. The fourth-order valence-corrected chi connectivity index (χ4v) is 2.36. The summed E-state index contributed by atoms with van der Waals surface area (Å²) in [6, 6.07) is 10.8. The summed E-state index contributed by atoms with van der Waals surface area (Å²) in [7, 11) is 0. The second kappa shape index (κ2) is 5.25. The molecule has 0 saturated heterocycles. The van der Waals surface area contributed by atoms with Gasteiger partial charge in [0.15, 0.2) is 0 Å². The SMILES string of the molecule is Cc1nc(CCc2ccccc2)c(N)n1C(C)C. The van der Waals surface area contributed by atoms with Crippen LogP contribution in [-0.2, 0) is 12.8 Å². The molecule has 0 aliphatic heterocycles. The van der Waals surface area contributed by atoms with Crippen LogP contribution in [0, 0.1) is 6.92 Å². The number of anilines is 1. The minimum Gasteiger partial charge on any atom is -0.384 e. The molecule has 3 heteroatoms. The zero-order chi connectivity index (χ0) is 13.1. The van der Waals surface area contributed by atoms with Gasteiger partial charge in [-0.15, -0.1) is 0 Å². The van der Waals surface area contributed by atoms with Gasteiger partial charge in [-0.2, -0.15) is 0 Å². The molecule has 18 heavy (non-hydrogen) atoms. The summed E-state index contributed by atoms with van der Waals surface area (Å²) in [4.78, 5) is 4.58. The Kier molecular flexibility index (Phi) is 3.70. The zero-order valence-electron chi connectivity index (χ0n) is 11.4. The molecule has 0 aliphatic carbocycles. The van der Waals surface area contributed by atoms with Gasteiger partial charge in [-0.3, -0.25) is 0 Å². The van der Waals surface area contributed by atoms with Gasteiger partial charge in [0.2, 0.25) is 0 Å². The minimum atomic E-state index is 0.364. The number of aryl methyl sites for hydroxylation is 3. The first-order valence-electron chi connectivity index (χ1n) is 6.46. The first-order chi connectivity index (χ1) is 8.59. The summed E-state index contributed by atoms with van der Waals surface area (Å²) in [6.45, 7) is 6.28. The molecule has 0 radical (unpaired) electrons. The number of imidazole rings is 1. The molecule has 3 nitrogen and oxygen atoms in total. The number of benzene rings is 1. The molecule has 0 unspecified atom stereocenters. The number of hydrogen-bond donors (Lipinski definition) is 1. The molecule has 0 amide bonds. The number of hydrogen-bond acceptors (Lipinski definition) is 2. The molecule has 1 aromatic carbocycles. The Morgan fingerprint density at radius 2 is 1.83 bits per heavy atom. The minimum absolute atomic E-state index is 0.364. The molecule has 1 heterocycles. The number of aromatic nitrogens is 2. The molecular weight excluding hydrogens is 222 g/mol. The maximum Gasteiger partial charge on any atom is 0.127 e. The van der Waals surface area contributed by atoms with Gasteiger partial charge in [-0.25, -0.2) is 4.98 Å². The van der Waals surface area contributed by atoms with Crippen molar-refractivity contribution in [3.05, 3.63) is 47.4 Å². The topological polar surface area (TPSA) is 43.8 Å². The van der Waals surface area contributed by atoms with Crippen molar-refractivity contribution in [2.75, 3.05) is 5.73 Å². The summed E-state index contributed by atoms with van der Waals surface area (Å²) in [5, 5.41) is 0. The predicted molar refractivity (Wildman–Crippen MR) is 75.6 cm³/mol. The van der Waals surface area contributed by atoms with Gasteiger partial charge < -0.3 is 10.3 Å². The number of nitrogen functional groups attached to an aromatic ring is 1. The summed E-state index contributed by atoms with van der Waals surface area (Å²) in [5.74, 6) is 1.82. The van der Waals surface area contributed by atoms with E-state index in [0.717, 1.165) is 30.2 Å². The molecule has 0 fully saturated rings. The number of nitrogens with two attached hydrogens (primary N) is 1. The first kappa shape index (κ1) is 12.7. The van der Waals surface area contributed by atoms with Crippen LogP contribution in [0.2, 0.25) is 0 Å². The Balaban J connectivity index is 2.13. The van der Waals surface area contributed by atoms with E-state index in [-0.39, 0.29) is 0 Å². The molecular formula is C15H21N3. The lowest BCUT2D eigenvalue weighted by molar-refractivity contribution is 0.590. The molecule has 96 valence electrons. The third-order valence-corrected chi connectivity index (χ3v) is 3.21. The van der Waals surface area contributed by atoms with Crippen LogP contribution in [0.4, 0.5) is 5.82 Å². The van der Waals surface area contributed by atoms with E-state index in [1.807, 2.05) is 13.0 Å². The molecule has 2 aromatic rings.